The van der Waals surface area contributed by atoms with E-state index in [0.717, 1.165) is 19.4 Å². The van der Waals surface area contributed by atoms with Crippen molar-refractivity contribution in [3.8, 4) is 0 Å². The zero-order chi connectivity index (χ0) is 11.3. The lowest BCUT2D eigenvalue weighted by atomic mass is 10.1. The maximum atomic E-state index is 11.3. The molecule has 86 valence electrons. The molecule has 5 heteroatoms. The van der Waals surface area contributed by atoms with E-state index in [4.69, 9.17) is 10.5 Å². The number of amides is 2. The number of ether oxygens (including phenoxy) is 1. The van der Waals surface area contributed by atoms with Gasteiger partial charge in [-0.15, -0.1) is 0 Å². The van der Waals surface area contributed by atoms with Crippen molar-refractivity contribution in [1.29, 1.82) is 0 Å². The first-order valence-electron chi connectivity index (χ1n) is 5.27. The Balaban J connectivity index is 2.15. The Labute approximate surface area is 89.3 Å². The molecular formula is C10H18N2O3. The molecule has 5 nitrogen and oxygen atoms in total. The normalized spacial score (nSPS) is 22.3. The van der Waals surface area contributed by atoms with Crippen LogP contribution >= 0.6 is 0 Å². The minimum atomic E-state index is -0.442. The highest BCUT2D eigenvalue weighted by molar-refractivity contribution is 5.84. The van der Waals surface area contributed by atoms with E-state index in [0.29, 0.717) is 6.54 Å². The van der Waals surface area contributed by atoms with Gasteiger partial charge in [0.05, 0.1) is 6.10 Å². The molecule has 15 heavy (non-hydrogen) atoms. The summed E-state index contributed by atoms with van der Waals surface area (Å²) in [5.41, 5.74) is 5.06. The molecule has 1 heterocycles. The number of nitrogens with one attached hydrogen (secondary N) is 1. The summed E-state index contributed by atoms with van der Waals surface area (Å²) in [6.07, 6.45) is 2.34. The fraction of sp³-hybridized carbons (Fsp3) is 0.800. The monoisotopic (exact) mass is 214 g/mol. The van der Waals surface area contributed by atoms with E-state index in [1.807, 2.05) is 0 Å². The summed E-state index contributed by atoms with van der Waals surface area (Å²) in [6, 6.07) is 0. The fourth-order valence-corrected chi connectivity index (χ4v) is 1.48. The summed E-state index contributed by atoms with van der Waals surface area (Å²) in [6.45, 7) is 2.95. The van der Waals surface area contributed by atoms with Crippen LogP contribution in [0.15, 0.2) is 0 Å². The van der Waals surface area contributed by atoms with Gasteiger partial charge in [-0.3, -0.25) is 9.59 Å². The molecule has 0 radical (unpaired) electrons. The molecule has 2 unspecified atom stereocenters. The van der Waals surface area contributed by atoms with Gasteiger partial charge >= 0.3 is 0 Å². The first-order valence-corrected chi connectivity index (χ1v) is 5.27. The van der Waals surface area contributed by atoms with E-state index in [9.17, 15) is 9.59 Å². The minimum Gasteiger partial charge on any atom is -0.376 e. The molecule has 0 bridgehead atoms. The number of rotatable bonds is 5. The largest absolute Gasteiger partial charge is 0.376 e. The van der Waals surface area contributed by atoms with Crippen LogP contribution in [0.2, 0.25) is 0 Å². The van der Waals surface area contributed by atoms with E-state index in [1.54, 1.807) is 6.92 Å². The molecule has 0 aromatic rings. The minimum absolute atomic E-state index is 0.137. The maximum absolute atomic E-state index is 11.3. The lowest BCUT2D eigenvalue weighted by Crippen LogP contribution is -2.34. The highest BCUT2D eigenvalue weighted by Crippen LogP contribution is 2.10. The number of primary amides is 1. The second-order valence-electron chi connectivity index (χ2n) is 3.95. The summed E-state index contributed by atoms with van der Waals surface area (Å²) >= 11 is 0. The van der Waals surface area contributed by atoms with Crippen molar-refractivity contribution in [2.24, 2.45) is 11.7 Å². The Morgan fingerprint density at radius 2 is 2.33 bits per heavy atom. The van der Waals surface area contributed by atoms with Crippen LogP contribution in [0.1, 0.15) is 26.2 Å². The summed E-state index contributed by atoms with van der Waals surface area (Å²) in [4.78, 5) is 22.1. The summed E-state index contributed by atoms with van der Waals surface area (Å²) in [7, 11) is 0. The molecule has 2 atom stereocenters. The van der Waals surface area contributed by atoms with Gasteiger partial charge in [0, 0.05) is 25.5 Å². The molecule has 1 aliphatic rings. The predicted octanol–water partition coefficient (Wildman–Crippen LogP) is -0.207. The van der Waals surface area contributed by atoms with Crippen molar-refractivity contribution >= 4 is 11.8 Å². The van der Waals surface area contributed by atoms with Gasteiger partial charge in [0.15, 0.2) is 0 Å². The number of carbonyl (C=O) groups excluding carboxylic acids is 2. The third-order valence-electron chi connectivity index (χ3n) is 2.53. The molecule has 3 N–H and O–H groups in total. The van der Waals surface area contributed by atoms with Crippen molar-refractivity contribution in [2.45, 2.75) is 32.3 Å². The first kappa shape index (κ1) is 12.0. The Hall–Kier alpha value is -1.10. The quantitative estimate of drug-likeness (QED) is 0.664. The Morgan fingerprint density at radius 1 is 1.60 bits per heavy atom. The van der Waals surface area contributed by atoms with E-state index in [2.05, 4.69) is 5.32 Å². The highest BCUT2D eigenvalue weighted by Gasteiger charge is 2.18. The molecule has 0 saturated carbocycles. The maximum Gasteiger partial charge on any atom is 0.220 e. The van der Waals surface area contributed by atoms with Crippen LogP contribution < -0.4 is 11.1 Å². The molecule has 1 rings (SSSR count). The second kappa shape index (κ2) is 5.70. The molecule has 1 saturated heterocycles. The summed E-state index contributed by atoms with van der Waals surface area (Å²) in [5.74, 6) is -0.992. The topological polar surface area (TPSA) is 81.4 Å². The molecule has 1 aliphatic heterocycles. The van der Waals surface area contributed by atoms with Crippen LogP contribution in [0.25, 0.3) is 0 Å². The predicted molar refractivity (Wildman–Crippen MR) is 55.0 cm³/mol. The molecule has 0 aromatic carbocycles. The molecule has 2 amide bonds. The van der Waals surface area contributed by atoms with Gasteiger partial charge in [-0.25, -0.2) is 0 Å². The molecule has 0 aromatic heterocycles. The summed E-state index contributed by atoms with van der Waals surface area (Å²) < 4.78 is 5.35. The lowest BCUT2D eigenvalue weighted by Gasteiger charge is -2.12. The van der Waals surface area contributed by atoms with Crippen LogP contribution in [-0.4, -0.2) is 31.1 Å². The Morgan fingerprint density at radius 3 is 2.87 bits per heavy atom. The van der Waals surface area contributed by atoms with Gasteiger partial charge < -0.3 is 15.8 Å². The lowest BCUT2D eigenvalue weighted by molar-refractivity contribution is -0.128. The molecule has 0 spiro atoms. The fourth-order valence-electron chi connectivity index (χ4n) is 1.48. The van der Waals surface area contributed by atoms with Crippen molar-refractivity contribution in [3.63, 3.8) is 0 Å². The zero-order valence-electron chi connectivity index (χ0n) is 8.99. The average Bonchev–Trinajstić information content (AvgIpc) is 2.66. The first-order chi connectivity index (χ1) is 7.09. The van der Waals surface area contributed by atoms with E-state index in [-0.39, 0.29) is 18.4 Å². The number of hydrogen-bond acceptors (Lipinski definition) is 3. The van der Waals surface area contributed by atoms with Crippen molar-refractivity contribution in [2.75, 3.05) is 13.2 Å². The standard InChI is InChI=1S/C10H18N2O3/c1-7(10(11)14)5-9(13)12-6-8-3-2-4-15-8/h7-8H,2-6H2,1H3,(H2,11,14)(H,12,13). The highest BCUT2D eigenvalue weighted by atomic mass is 16.5. The molecular weight excluding hydrogens is 196 g/mol. The van der Waals surface area contributed by atoms with Gasteiger partial charge in [-0.05, 0) is 12.8 Å². The van der Waals surface area contributed by atoms with Gasteiger partial charge in [0.25, 0.3) is 0 Å². The number of nitrogens with two attached hydrogens (primary N) is 1. The summed E-state index contributed by atoms with van der Waals surface area (Å²) in [5, 5.41) is 2.74. The van der Waals surface area contributed by atoms with E-state index < -0.39 is 11.8 Å². The average molecular weight is 214 g/mol. The van der Waals surface area contributed by atoms with Crippen molar-refractivity contribution in [3.05, 3.63) is 0 Å². The number of carbonyl (C=O) groups is 2. The smallest absolute Gasteiger partial charge is 0.220 e. The number of hydrogen-bond donors (Lipinski definition) is 2. The Bertz CT molecular complexity index is 237. The third-order valence-corrected chi connectivity index (χ3v) is 2.53. The van der Waals surface area contributed by atoms with Gasteiger partial charge in [0.1, 0.15) is 0 Å². The van der Waals surface area contributed by atoms with Crippen LogP contribution in [0.4, 0.5) is 0 Å². The molecule has 0 aliphatic carbocycles. The Kier molecular flexibility index (Phi) is 4.55. The second-order valence-corrected chi connectivity index (χ2v) is 3.95. The van der Waals surface area contributed by atoms with Gasteiger partial charge in [-0.1, -0.05) is 6.92 Å². The van der Waals surface area contributed by atoms with Crippen LogP contribution in [0.3, 0.4) is 0 Å². The van der Waals surface area contributed by atoms with Crippen molar-refractivity contribution < 1.29 is 14.3 Å². The van der Waals surface area contributed by atoms with E-state index in [1.165, 1.54) is 0 Å². The van der Waals surface area contributed by atoms with Crippen LogP contribution in [-0.2, 0) is 14.3 Å². The van der Waals surface area contributed by atoms with Crippen LogP contribution in [0.5, 0.6) is 0 Å². The molecule has 1 fully saturated rings. The SMILES string of the molecule is CC(CC(=O)NCC1CCCO1)C(N)=O. The van der Waals surface area contributed by atoms with E-state index >= 15 is 0 Å². The third kappa shape index (κ3) is 4.29. The van der Waals surface area contributed by atoms with Gasteiger partial charge in [-0.2, -0.15) is 0 Å². The van der Waals surface area contributed by atoms with Gasteiger partial charge in [0.2, 0.25) is 11.8 Å². The zero-order valence-corrected chi connectivity index (χ0v) is 8.99. The van der Waals surface area contributed by atoms with Crippen molar-refractivity contribution in [1.82, 2.24) is 5.32 Å². The van der Waals surface area contributed by atoms with Crippen LogP contribution in [0, 0.1) is 5.92 Å².